The summed E-state index contributed by atoms with van der Waals surface area (Å²) in [5.74, 6) is 1.50. The van der Waals surface area contributed by atoms with Gasteiger partial charge in [-0.05, 0) is 43.4 Å². The lowest BCUT2D eigenvalue weighted by molar-refractivity contribution is 0.00790. The molecule has 1 aromatic carbocycles. The Kier molecular flexibility index (Phi) is 4.95. The highest BCUT2D eigenvalue weighted by Gasteiger charge is 2.27. The molecule has 6 nitrogen and oxygen atoms in total. The molecule has 2 aliphatic heterocycles. The van der Waals surface area contributed by atoms with Gasteiger partial charge in [0.1, 0.15) is 12.1 Å². The van der Waals surface area contributed by atoms with Gasteiger partial charge in [0.25, 0.3) is 0 Å². The van der Waals surface area contributed by atoms with Crippen LogP contribution in [-0.2, 0) is 9.47 Å². The molecule has 3 heterocycles. The lowest BCUT2D eigenvalue weighted by Crippen LogP contribution is -2.46. The second kappa shape index (κ2) is 7.70. The SMILES string of the molecule is c1nc(NC2CCC(N3CCOCC3)CC2)c2cc(C3COC3)ccc2n1. The number of morpholine rings is 1. The summed E-state index contributed by atoms with van der Waals surface area (Å²) in [6, 6.07) is 7.77. The molecule has 6 heteroatoms. The minimum absolute atomic E-state index is 0.496. The molecule has 1 aromatic heterocycles. The van der Waals surface area contributed by atoms with E-state index in [2.05, 4.69) is 38.4 Å². The Morgan fingerprint density at radius 1 is 0.963 bits per heavy atom. The summed E-state index contributed by atoms with van der Waals surface area (Å²) in [5, 5.41) is 4.86. The molecule has 0 bridgehead atoms. The fourth-order valence-corrected chi connectivity index (χ4v) is 4.59. The van der Waals surface area contributed by atoms with E-state index in [4.69, 9.17) is 9.47 Å². The number of benzene rings is 1. The molecule has 2 aromatic rings. The Balaban J connectivity index is 1.27. The van der Waals surface area contributed by atoms with Crippen molar-refractivity contribution in [3.05, 3.63) is 30.1 Å². The van der Waals surface area contributed by atoms with Crippen molar-refractivity contribution >= 4 is 16.7 Å². The standard InChI is InChI=1S/C21H28N4O2/c1-6-20-19(11-15(1)16-12-27-13-16)21(23-14-22-20)24-17-2-4-18(5-3-17)25-7-9-26-10-8-25/h1,6,11,14,16-18H,2-5,7-10,12-13H2,(H,22,23,24). The van der Waals surface area contributed by atoms with Gasteiger partial charge in [-0.2, -0.15) is 0 Å². The van der Waals surface area contributed by atoms with E-state index >= 15 is 0 Å². The van der Waals surface area contributed by atoms with E-state index in [1.165, 1.54) is 31.2 Å². The second-order valence-corrected chi connectivity index (χ2v) is 8.03. The van der Waals surface area contributed by atoms with Crippen molar-refractivity contribution < 1.29 is 9.47 Å². The largest absolute Gasteiger partial charge is 0.380 e. The Morgan fingerprint density at radius 3 is 2.52 bits per heavy atom. The Hall–Kier alpha value is -1.76. The van der Waals surface area contributed by atoms with Crippen molar-refractivity contribution in [2.24, 2.45) is 0 Å². The molecule has 1 N–H and O–H groups in total. The van der Waals surface area contributed by atoms with Gasteiger partial charge in [0, 0.05) is 36.5 Å². The lowest BCUT2D eigenvalue weighted by Gasteiger charge is -2.39. The van der Waals surface area contributed by atoms with E-state index in [1.807, 2.05) is 0 Å². The monoisotopic (exact) mass is 368 g/mol. The van der Waals surface area contributed by atoms with Gasteiger partial charge in [-0.1, -0.05) is 6.07 Å². The second-order valence-electron chi connectivity index (χ2n) is 8.03. The third-order valence-electron chi connectivity index (χ3n) is 6.37. The molecule has 1 saturated carbocycles. The number of anilines is 1. The third-order valence-corrected chi connectivity index (χ3v) is 6.37. The van der Waals surface area contributed by atoms with Crippen LogP contribution in [0, 0.1) is 0 Å². The van der Waals surface area contributed by atoms with E-state index < -0.39 is 0 Å². The van der Waals surface area contributed by atoms with Crippen molar-refractivity contribution in [3.8, 4) is 0 Å². The van der Waals surface area contributed by atoms with Gasteiger partial charge in [-0.15, -0.1) is 0 Å². The quantitative estimate of drug-likeness (QED) is 0.896. The van der Waals surface area contributed by atoms with Crippen LogP contribution in [-0.4, -0.2) is 66.5 Å². The lowest BCUT2D eigenvalue weighted by atomic mass is 9.89. The van der Waals surface area contributed by atoms with Gasteiger partial charge < -0.3 is 14.8 Å². The van der Waals surface area contributed by atoms with Crippen molar-refractivity contribution in [1.29, 1.82) is 0 Å². The molecule has 2 saturated heterocycles. The van der Waals surface area contributed by atoms with Crippen LogP contribution in [0.2, 0.25) is 0 Å². The first-order valence-corrected chi connectivity index (χ1v) is 10.3. The molecule has 1 aliphatic carbocycles. The van der Waals surface area contributed by atoms with Crippen LogP contribution in [0.15, 0.2) is 24.5 Å². The highest BCUT2D eigenvalue weighted by atomic mass is 16.5. The summed E-state index contributed by atoms with van der Waals surface area (Å²) in [5.41, 5.74) is 2.35. The molecule has 3 aliphatic rings. The zero-order valence-electron chi connectivity index (χ0n) is 15.8. The minimum Gasteiger partial charge on any atom is -0.380 e. The number of nitrogens with zero attached hydrogens (tertiary/aromatic N) is 3. The number of aromatic nitrogens is 2. The van der Waals surface area contributed by atoms with Gasteiger partial charge in [-0.3, -0.25) is 4.90 Å². The zero-order valence-corrected chi connectivity index (χ0v) is 15.8. The Bertz CT molecular complexity index is 781. The van der Waals surface area contributed by atoms with Gasteiger partial charge in [0.15, 0.2) is 0 Å². The van der Waals surface area contributed by atoms with Crippen LogP contribution in [0.5, 0.6) is 0 Å². The van der Waals surface area contributed by atoms with Crippen molar-refractivity contribution in [2.45, 2.75) is 43.7 Å². The molecule has 5 rings (SSSR count). The van der Waals surface area contributed by atoms with Gasteiger partial charge in [-0.25, -0.2) is 9.97 Å². The maximum atomic E-state index is 5.49. The van der Waals surface area contributed by atoms with Crippen LogP contribution >= 0.6 is 0 Å². The topological polar surface area (TPSA) is 59.5 Å². The first-order chi connectivity index (χ1) is 13.4. The number of hydrogen-bond acceptors (Lipinski definition) is 6. The van der Waals surface area contributed by atoms with Crippen molar-refractivity contribution in [2.75, 3.05) is 44.8 Å². The molecular formula is C21H28N4O2. The van der Waals surface area contributed by atoms with Crippen LogP contribution in [0.3, 0.4) is 0 Å². The molecule has 27 heavy (non-hydrogen) atoms. The molecular weight excluding hydrogens is 340 g/mol. The fourth-order valence-electron chi connectivity index (χ4n) is 4.59. The number of hydrogen-bond donors (Lipinski definition) is 1. The van der Waals surface area contributed by atoms with Crippen molar-refractivity contribution in [1.82, 2.24) is 14.9 Å². The summed E-state index contributed by atoms with van der Waals surface area (Å²) in [6.45, 7) is 5.61. The Labute approximate surface area is 160 Å². The van der Waals surface area contributed by atoms with Gasteiger partial charge >= 0.3 is 0 Å². The van der Waals surface area contributed by atoms with E-state index in [-0.39, 0.29) is 0 Å². The summed E-state index contributed by atoms with van der Waals surface area (Å²) < 4.78 is 10.8. The molecule has 0 spiro atoms. The molecule has 144 valence electrons. The maximum Gasteiger partial charge on any atom is 0.137 e. The minimum atomic E-state index is 0.496. The first-order valence-electron chi connectivity index (χ1n) is 10.3. The molecule has 0 unspecified atom stereocenters. The summed E-state index contributed by atoms with van der Waals surface area (Å²) in [6.07, 6.45) is 6.58. The van der Waals surface area contributed by atoms with Crippen LogP contribution in [0.4, 0.5) is 5.82 Å². The van der Waals surface area contributed by atoms with Crippen molar-refractivity contribution in [3.63, 3.8) is 0 Å². The summed E-state index contributed by atoms with van der Waals surface area (Å²) in [4.78, 5) is 11.6. The highest BCUT2D eigenvalue weighted by molar-refractivity contribution is 5.89. The normalized spacial score (nSPS) is 27.4. The highest BCUT2D eigenvalue weighted by Crippen LogP contribution is 2.31. The van der Waals surface area contributed by atoms with E-state index in [0.29, 0.717) is 12.0 Å². The predicted octanol–water partition coefficient (Wildman–Crippen LogP) is 2.80. The number of fused-ring (bicyclic) bond motifs is 1. The number of ether oxygens (including phenoxy) is 2. The molecule has 0 atom stereocenters. The molecule has 3 fully saturated rings. The predicted molar refractivity (Wildman–Crippen MR) is 105 cm³/mol. The maximum absolute atomic E-state index is 5.49. The van der Waals surface area contributed by atoms with Crippen LogP contribution < -0.4 is 5.32 Å². The van der Waals surface area contributed by atoms with Gasteiger partial charge in [0.2, 0.25) is 0 Å². The molecule has 0 radical (unpaired) electrons. The van der Waals surface area contributed by atoms with Crippen LogP contribution in [0.25, 0.3) is 10.9 Å². The average Bonchev–Trinajstić information content (AvgIpc) is 2.68. The fraction of sp³-hybridized carbons (Fsp3) is 0.619. The van der Waals surface area contributed by atoms with E-state index in [1.54, 1.807) is 6.33 Å². The number of rotatable bonds is 4. The first kappa shape index (κ1) is 17.3. The molecule has 0 amide bonds. The average molecular weight is 368 g/mol. The van der Waals surface area contributed by atoms with E-state index in [0.717, 1.165) is 62.3 Å². The van der Waals surface area contributed by atoms with Gasteiger partial charge in [0.05, 0.1) is 31.9 Å². The van der Waals surface area contributed by atoms with E-state index in [9.17, 15) is 0 Å². The summed E-state index contributed by atoms with van der Waals surface area (Å²) >= 11 is 0. The van der Waals surface area contributed by atoms with Crippen LogP contribution in [0.1, 0.15) is 37.2 Å². The summed E-state index contributed by atoms with van der Waals surface area (Å²) in [7, 11) is 0. The third kappa shape index (κ3) is 3.66. The zero-order chi connectivity index (χ0) is 18.1. The smallest absolute Gasteiger partial charge is 0.137 e. The number of nitrogens with one attached hydrogen (secondary N) is 1. The Morgan fingerprint density at radius 2 is 1.78 bits per heavy atom.